The van der Waals surface area contributed by atoms with E-state index in [0.717, 1.165) is 6.07 Å². The lowest BCUT2D eigenvalue weighted by Crippen LogP contribution is -2.38. The summed E-state index contributed by atoms with van der Waals surface area (Å²) in [4.78, 5) is 10.9. The molecule has 0 aliphatic carbocycles. The second kappa shape index (κ2) is 6.83. The second-order valence-electron chi connectivity index (χ2n) is 4.52. The Hall–Kier alpha value is -0.710. The number of sulfonamides is 1. The summed E-state index contributed by atoms with van der Waals surface area (Å²) in [6, 6.07) is 3.46. The van der Waals surface area contributed by atoms with Crippen LogP contribution < -0.4 is 4.72 Å². The molecular formula is C12H16INO5S. The summed E-state index contributed by atoms with van der Waals surface area (Å²) in [6.07, 6.45) is 0. The average Bonchev–Trinajstić information content (AvgIpc) is 2.36. The van der Waals surface area contributed by atoms with Gasteiger partial charge in [-0.15, -0.1) is 0 Å². The van der Waals surface area contributed by atoms with Crippen molar-refractivity contribution in [3.8, 4) is 0 Å². The molecule has 1 aromatic carbocycles. The van der Waals surface area contributed by atoms with E-state index in [1.54, 1.807) is 13.8 Å². The van der Waals surface area contributed by atoms with Crippen LogP contribution in [0.3, 0.4) is 0 Å². The van der Waals surface area contributed by atoms with Gasteiger partial charge in [0.05, 0.1) is 10.5 Å². The SMILES string of the molecule is CC(CO)C(C)NS(=O)(=O)c1ccc(I)c(C(=O)O)c1. The van der Waals surface area contributed by atoms with E-state index in [0.29, 0.717) is 3.57 Å². The monoisotopic (exact) mass is 413 g/mol. The molecular weight excluding hydrogens is 397 g/mol. The van der Waals surface area contributed by atoms with E-state index in [9.17, 15) is 13.2 Å². The fourth-order valence-electron chi connectivity index (χ4n) is 1.42. The Morgan fingerprint density at radius 3 is 2.50 bits per heavy atom. The highest BCUT2D eigenvalue weighted by Crippen LogP contribution is 2.19. The molecule has 0 radical (unpaired) electrons. The maximum Gasteiger partial charge on any atom is 0.336 e. The van der Waals surface area contributed by atoms with Crippen LogP contribution in [0, 0.1) is 9.49 Å². The van der Waals surface area contributed by atoms with Gasteiger partial charge >= 0.3 is 5.97 Å². The molecule has 0 aliphatic heterocycles. The van der Waals surface area contributed by atoms with Crippen LogP contribution in [-0.4, -0.2) is 37.2 Å². The topological polar surface area (TPSA) is 104 Å². The molecule has 2 atom stereocenters. The van der Waals surface area contributed by atoms with E-state index < -0.39 is 22.0 Å². The van der Waals surface area contributed by atoms with Crippen molar-refractivity contribution in [3.63, 3.8) is 0 Å². The maximum absolute atomic E-state index is 12.2. The van der Waals surface area contributed by atoms with Crippen LogP contribution in [-0.2, 0) is 10.0 Å². The number of aliphatic hydroxyl groups excluding tert-OH is 1. The van der Waals surface area contributed by atoms with E-state index in [1.165, 1.54) is 12.1 Å². The van der Waals surface area contributed by atoms with Crippen LogP contribution in [0.1, 0.15) is 24.2 Å². The van der Waals surface area contributed by atoms with Gasteiger partial charge in [0.25, 0.3) is 0 Å². The summed E-state index contributed by atoms with van der Waals surface area (Å²) < 4.78 is 27.2. The van der Waals surface area contributed by atoms with Gasteiger partial charge in [-0.2, -0.15) is 0 Å². The fourth-order valence-corrected chi connectivity index (χ4v) is 3.37. The van der Waals surface area contributed by atoms with Crippen molar-refractivity contribution in [1.29, 1.82) is 0 Å². The Morgan fingerprint density at radius 1 is 1.40 bits per heavy atom. The lowest BCUT2D eigenvalue weighted by atomic mass is 10.1. The third kappa shape index (κ3) is 4.14. The highest BCUT2D eigenvalue weighted by Gasteiger charge is 2.22. The number of halogens is 1. The normalized spacial score (nSPS) is 14.8. The van der Waals surface area contributed by atoms with Crippen molar-refractivity contribution in [3.05, 3.63) is 27.3 Å². The average molecular weight is 413 g/mol. The van der Waals surface area contributed by atoms with Gasteiger partial charge in [0.15, 0.2) is 0 Å². The van der Waals surface area contributed by atoms with E-state index in [-0.39, 0.29) is 23.0 Å². The van der Waals surface area contributed by atoms with Gasteiger partial charge in [-0.3, -0.25) is 0 Å². The summed E-state index contributed by atoms with van der Waals surface area (Å²) in [6.45, 7) is 3.21. The molecule has 0 spiro atoms. The lowest BCUT2D eigenvalue weighted by molar-refractivity contribution is 0.0695. The molecule has 2 unspecified atom stereocenters. The van der Waals surface area contributed by atoms with E-state index >= 15 is 0 Å². The molecule has 1 rings (SSSR count). The molecule has 0 heterocycles. The minimum Gasteiger partial charge on any atom is -0.478 e. The van der Waals surface area contributed by atoms with E-state index in [4.69, 9.17) is 10.2 Å². The van der Waals surface area contributed by atoms with Gasteiger partial charge in [0.1, 0.15) is 0 Å². The number of nitrogens with one attached hydrogen (secondary N) is 1. The van der Waals surface area contributed by atoms with Crippen LogP contribution >= 0.6 is 22.6 Å². The van der Waals surface area contributed by atoms with Crippen molar-refractivity contribution in [2.45, 2.75) is 24.8 Å². The maximum atomic E-state index is 12.2. The van der Waals surface area contributed by atoms with Crippen molar-refractivity contribution < 1.29 is 23.4 Å². The molecule has 0 bridgehead atoms. The zero-order valence-corrected chi connectivity index (χ0v) is 14.0. The first-order chi connectivity index (χ1) is 9.19. The van der Waals surface area contributed by atoms with Gasteiger partial charge in [0, 0.05) is 16.2 Å². The number of benzene rings is 1. The summed E-state index contributed by atoms with van der Waals surface area (Å²) >= 11 is 1.83. The molecule has 3 N–H and O–H groups in total. The minimum absolute atomic E-state index is 0.0589. The molecule has 0 saturated carbocycles. The number of carbonyl (C=O) groups is 1. The van der Waals surface area contributed by atoms with Crippen LogP contribution in [0.4, 0.5) is 0 Å². The first-order valence-corrected chi connectivity index (χ1v) is 8.41. The highest BCUT2D eigenvalue weighted by molar-refractivity contribution is 14.1. The number of carboxylic acids is 1. The molecule has 0 saturated heterocycles. The molecule has 0 fully saturated rings. The summed E-state index contributed by atoms with van der Waals surface area (Å²) in [5, 5.41) is 18.0. The smallest absolute Gasteiger partial charge is 0.336 e. The van der Waals surface area contributed by atoms with Crippen LogP contribution in [0.2, 0.25) is 0 Å². The van der Waals surface area contributed by atoms with Crippen LogP contribution in [0.5, 0.6) is 0 Å². The zero-order valence-electron chi connectivity index (χ0n) is 11.0. The van der Waals surface area contributed by atoms with Gasteiger partial charge < -0.3 is 10.2 Å². The van der Waals surface area contributed by atoms with Crippen LogP contribution in [0.15, 0.2) is 23.1 Å². The number of aromatic carboxylic acids is 1. The molecule has 112 valence electrons. The number of carboxylic acid groups (broad SMARTS) is 1. The van der Waals surface area contributed by atoms with Crippen molar-refractivity contribution in [2.75, 3.05) is 6.61 Å². The highest BCUT2D eigenvalue weighted by atomic mass is 127. The van der Waals surface area contributed by atoms with Crippen molar-refractivity contribution in [2.24, 2.45) is 5.92 Å². The Labute approximate surface area is 131 Å². The van der Waals surface area contributed by atoms with E-state index in [2.05, 4.69) is 4.72 Å². The molecule has 8 heteroatoms. The van der Waals surface area contributed by atoms with Gasteiger partial charge in [0.2, 0.25) is 10.0 Å². The predicted molar refractivity (Wildman–Crippen MR) is 82.2 cm³/mol. The minimum atomic E-state index is -3.82. The van der Waals surface area contributed by atoms with Gasteiger partial charge in [-0.05, 0) is 53.6 Å². The Kier molecular flexibility index (Phi) is 5.92. The molecule has 6 nitrogen and oxygen atoms in total. The fraction of sp³-hybridized carbons (Fsp3) is 0.417. The second-order valence-corrected chi connectivity index (χ2v) is 7.39. The summed E-state index contributed by atoms with van der Waals surface area (Å²) in [5.41, 5.74) is -0.0589. The number of aliphatic hydroxyl groups is 1. The molecule has 0 amide bonds. The Morgan fingerprint density at radius 2 is 2.00 bits per heavy atom. The van der Waals surface area contributed by atoms with Crippen LogP contribution in [0.25, 0.3) is 0 Å². The molecule has 0 aliphatic rings. The summed E-state index contributed by atoms with van der Waals surface area (Å²) in [7, 11) is -3.82. The number of rotatable bonds is 6. The van der Waals surface area contributed by atoms with E-state index in [1.807, 2.05) is 22.6 Å². The molecule has 1 aromatic rings. The Balaban J connectivity index is 3.10. The van der Waals surface area contributed by atoms with Crippen molar-refractivity contribution >= 4 is 38.6 Å². The quantitative estimate of drug-likeness (QED) is 0.610. The molecule has 0 aromatic heterocycles. The van der Waals surface area contributed by atoms with Gasteiger partial charge in [-0.1, -0.05) is 6.92 Å². The largest absolute Gasteiger partial charge is 0.478 e. The third-order valence-corrected chi connectivity index (χ3v) is 5.46. The third-order valence-electron chi connectivity index (χ3n) is 2.96. The lowest BCUT2D eigenvalue weighted by Gasteiger charge is -2.19. The Bertz CT molecular complexity index is 602. The first kappa shape index (κ1) is 17.3. The van der Waals surface area contributed by atoms with Crippen molar-refractivity contribution in [1.82, 2.24) is 4.72 Å². The predicted octanol–water partition coefficient (Wildman–Crippen LogP) is 1.28. The summed E-state index contributed by atoms with van der Waals surface area (Å²) in [5.74, 6) is -1.42. The number of hydrogen-bond acceptors (Lipinski definition) is 4. The van der Waals surface area contributed by atoms with Gasteiger partial charge in [-0.25, -0.2) is 17.9 Å². The standard InChI is InChI=1S/C12H16INO5S/c1-7(6-15)8(2)14-20(18,19)9-3-4-11(13)10(5-9)12(16)17/h3-5,7-8,14-15H,6H2,1-2H3,(H,16,17). The zero-order chi connectivity index (χ0) is 15.5. The number of hydrogen-bond donors (Lipinski definition) is 3. The molecule has 20 heavy (non-hydrogen) atoms. The first-order valence-electron chi connectivity index (χ1n) is 5.85.